The first kappa shape index (κ1) is 18.5. The second kappa shape index (κ2) is 6.77. The lowest BCUT2D eigenvalue weighted by Gasteiger charge is -2.41. The summed E-state index contributed by atoms with van der Waals surface area (Å²) in [6.45, 7) is 0. The molecule has 152 valence electrons. The number of carbonyl (C=O) groups is 2. The van der Waals surface area contributed by atoms with Gasteiger partial charge in [0.15, 0.2) is 0 Å². The molecule has 5 unspecified atom stereocenters. The van der Waals surface area contributed by atoms with Crippen molar-refractivity contribution in [1.82, 2.24) is 14.8 Å². The molecule has 7 nitrogen and oxygen atoms in total. The molecule has 2 bridgehead atoms. The topological polar surface area (TPSA) is 103 Å². The molecule has 2 amide bonds. The maximum atomic E-state index is 13.4. The number of hydrogen-bond donors (Lipinski definition) is 1. The predicted molar refractivity (Wildman–Crippen MR) is 101 cm³/mol. The third kappa shape index (κ3) is 2.99. The molecule has 3 saturated heterocycles. The Balaban J connectivity index is 1.29. The number of piperidine rings is 2. The van der Waals surface area contributed by atoms with E-state index in [1.165, 1.54) is 18.3 Å². The van der Waals surface area contributed by atoms with Crippen molar-refractivity contribution < 1.29 is 14.0 Å². The van der Waals surface area contributed by atoms with E-state index < -0.39 is 12.0 Å². The zero-order valence-corrected chi connectivity index (χ0v) is 16.1. The molecule has 1 aliphatic carbocycles. The van der Waals surface area contributed by atoms with Crippen molar-refractivity contribution in [2.24, 2.45) is 17.6 Å². The van der Waals surface area contributed by atoms with Gasteiger partial charge in [-0.05, 0) is 56.4 Å². The van der Waals surface area contributed by atoms with Crippen LogP contribution in [0.2, 0.25) is 0 Å². The Morgan fingerprint density at radius 3 is 2.59 bits per heavy atom. The highest BCUT2D eigenvalue weighted by Crippen LogP contribution is 2.48. The standard InChI is InChI=1S/C21H24FN5O2/c22-18-9-11(3-4-25-18)20(28)26-14-1-2-15(26)7-13(6-14)19(24)21(29)27-16(10-23)5-12-8-17(12)27/h3-4,9,12-17,19H,1-2,5-8,24H2/t12?,13?,14-,15?,16?,17?,19+/m1/s1. The van der Waals surface area contributed by atoms with Crippen LogP contribution < -0.4 is 5.73 Å². The van der Waals surface area contributed by atoms with Crippen LogP contribution >= 0.6 is 0 Å². The lowest BCUT2D eigenvalue weighted by atomic mass is 9.84. The predicted octanol–water partition coefficient (Wildman–Crippen LogP) is 1.44. The van der Waals surface area contributed by atoms with Crippen LogP contribution in [-0.2, 0) is 4.79 Å². The van der Waals surface area contributed by atoms with Gasteiger partial charge in [-0.15, -0.1) is 0 Å². The Bertz CT molecular complexity index is 887. The zero-order chi connectivity index (χ0) is 20.3. The number of hydrogen-bond acceptors (Lipinski definition) is 5. The van der Waals surface area contributed by atoms with Crippen LogP contribution in [-0.4, -0.2) is 56.8 Å². The number of aromatic nitrogens is 1. The molecule has 4 heterocycles. The minimum atomic E-state index is -0.665. The molecule has 8 heteroatoms. The van der Waals surface area contributed by atoms with Crippen molar-refractivity contribution in [2.75, 3.05) is 0 Å². The van der Waals surface area contributed by atoms with E-state index in [0.29, 0.717) is 24.3 Å². The van der Waals surface area contributed by atoms with Crippen LogP contribution in [0.5, 0.6) is 0 Å². The van der Waals surface area contributed by atoms with Gasteiger partial charge in [0.2, 0.25) is 11.9 Å². The number of pyridine rings is 1. The van der Waals surface area contributed by atoms with Gasteiger partial charge >= 0.3 is 0 Å². The molecule has 1 aromatic heterocycles. The number of carbonyl (C=O) groups excluding carboxylic acids is 2. The summed E-state index contributed by atoms with van der Waals surface area (Å²) < 4.78 is 13.4. The molecule has 2 N–H and O–H groups in total. The molecule has 1 aromatic rings. The summed E-state index contributed by atoms with van der Waals surface area (Å²) in [7, 11) is 0. The molecule has 4 aliphatic rings. The smallest absolute Gasteiger partial charge is 0.254 e. The van der Waals surface area contributed by atoms with Crippen LogP contribution in [0.3, 0.4) is 0 Å². The minimum absolute atomic E-state index is 0.00429. The average molecular weight is 397 g/mol. The molecule has 29 heavy (non-hydrogen) atoms. The van der Waals surface area contributed by atoms with Gasteiger partial charge in [-0.2, -0.15) is 9.65 Å². The van der Waals surface area contributed by atoms with Crippen LogP contribution in [0.15, 0.2) is 18.3 Å². The fourth-order valence-electron chi connectivity index (χ4n) is 5.79. The van der Waals surface area contributed by atoms with Gasteiger partial charge in [0, 0.05) is 36.0 Å². The highest BCUT2D eigenvalue weighted by Gasteiger charge is 2.56. The summed E-state index contributed by atoms with van der Waals surface area (Å²) in [6.07, 6.45) is 6.13. The van der Waals surface area contributed by atoms with Gasteiger partial charge in [-0.1, -0.05) is 0 Å². The van der Waals surface area contributed by atoms with Gasteiger partial charge < -0.3 is 15.5 Å². The molecule has 0 spiro atoms. The minimum Gasteiger partial charge on any atom is -0.333 e. The molecule has 1 saturated carbocycles. The van der Waals surface area contributed by atoms with E-state index in [0.717, 1.165) is 25.7 Å². The first-order valence-electron chi connectivity index (χ1n) is 10.4. The van der Waals surface area contributed by atoms with Crippen LogP contribution in [0.25, 0.3) is 0 Å². The summed E-state index contributed by atoms with van der Waals surface area (Å²) in [5.41, 5.74) is 6.72. The van der Waals surface area contributed by atoms with Gasteiger partial charge in [0.05, 0.1) is 12.1 Å². The normalized spacial score (nSPS) is 35.8. The quantitative estimate of drug-likeness (QED) is 0.778. The van der Waals surface area contributed by atoms with E-state index in [-0.39, 0.29) is 41.9 Å². The molecule has 4 fully saturated rings. The first-order valence-corrected chi connectivity index (χ1v) is 10.4. The number of nitriles is 1. The van der Waals surface area contributed by atoms with Gasteiger partial charge in [0.1, 0.15) is 6.04 Å². The molecule has 0 aromatic carbocycles. The van der Waals surface area contributed by atoms with Crippen LogP contribution in [0.1, 0.15) is 48.9 Å². The Morgan fingerprint density at radius 2 is 1.93 bits per heavy atom. The SMILES string of the molecule is N#CC1CC2CC2N1C(=O)[C@@H](N)C1CC2CC[C@H](C1)N2C(=O)c1ccnc(F)c1. The largest absolute Gasteiger partial charge is 0.333 e. The van der Waals surface area contributed by atoms with Crippen molar-refractivity contribution >= 4 is 11.8 Å². The summed E-state index contributed by atoms with van der Waals surface area (Å²) in [6, 6.07) is 4.19. The molecular formula is C21H24FN5O2. The van der Waals surface area contributed by atoms with Crippen molar-refractivity contribution in [1.29, 1.82) is 5.26 Å². The second-order valence-corrected chi connectivity index (χ2v) is 8.91. The van der Waals surface area contributed by atoms with E-state index in [4.69, 9.17) is 5.73 Å². The fourth-order valence-corrected chi connectivity index (χ4v) is 5.79. The molecular weight excluding hydrogens is 373 g/mol. The van der Waals surface area contributed by atoms with E-state index >= 15 is 0 Å². The van der Waals surface area contributed by atoms with Gasteiger partial charge in [-0.25, -0.2) is 4.98 Å². The summed E-state index contributed by atoms with van der Waals surface area (Å²) in [5.74, 6) is -0.492. The maximum Gasteiger partial charge on any atom is 0.254 e. The molecule has 7 atom stereocenters. The molecule has 3 aliphatic heterocycles. The van der Waals surface area contributed by atoms with Gasteiger partial charge in [0.25, 0.3) is 5.91 Å². The Kier molecular flexibility index (Phi) is 4.32. The summed E-state index contributed by atoms with van der Waals surface area (Å²) in [4.78, 5) is 33.1. The monoisotopic (exact) mass is 397 g/mol. The number of nitrogens with two attached hydrogens (primary N) is 1. The third-order valence-electron chi connectivity index (χ3n) is 7.28. The maximum absolute atomic E-state index is 13.4. The molecule has 0 radical (unpaired) electrons. The number of rotatable bonds is 3. The van der Waals surface area contributed by atoms with Gasteiger partial charge in [-0.3, -0.25) is 9.59 Å². The number of halogens is 1. The highest BCUT2D eigenvalue weighted by atomic mass is 19.1. The van der Waals surface area contributed by atoms with E-state index in [1.807, 2.05) is 4.90 Å². The number of amides is 2. The van der Waals surface area contributed by atoms with Crippen molar-refractivity contribution in [3.8, 4) is 6.07 Å². The molecule has 5 rings (SSSR count). The number of likely N-dealkylation sites (tertiary alicyclic amines) is 1. The summed E-state index contributed by atoms with van der Waals surface area (Å²) >= 11 is 0. The third-order valence-corrected chi connectivity index (χ3v) is 7.28. The van der Waals surface area contributed by atoms with Crippen molar-refractivity contribution in [3.63, 3.8) is 0 Å². The van der Waals surface area contributed by atoms with Crippen molar-refractivity contribution in [2.45, 2.75) is 68.7 Å². The lowest BCUT2D eigenvalue weighted by Crippen LogP contribution is -2.55. The van der Waals surface area contributed by atoms with Crippen LogP contribution in [0, 0.1) is 29.1 Å². The van der Waals surface area contributed by atoms with E-state index in [9.17, 15) is 19.2 Å². The Labute approximate surface area is 168 Å². The van der Waals surface area contributed by atoms with Crippen molar-refractivity contribution in [3.05, 3.63) is 29.8 Å². The second-order valence-electron chi connectivity index (χ2n) is 8.91. The van der Waals surface area contributed by atoms with E-state index in [1.54, 1.807) is 4.90 Å². The average Bonchev–Trinajstić information content (AvgIpc) is 3.31. The van der Waals surface area contributed by atoms with E-state index in [2.05, 4.69) is 11.1 Å². The summed E-state index contributed by atoms with van der Waals surface area (Å²) in [5, 5.41) is 9.37. The lowest BCUT2D eigenvalue weighted by molar-refractivity contribution is -0.135. The zero-order valence-electron chi connectivity index (χ0n) is 16.1. The Morgan fingerprint density at radius 1 is 1.21 bits per heavy atom. The highest BCUT2D eigenvalue weighted by molar-refractivity contribution is 5.95. The fraction of sp³-hybridized carbons (Fsp3) is 0.619. The Hall–Kier alpha value is -2.53. The van der Waals surface area contributed by atoms with Crippen LogP contribution in [0.4, 0.5) is 4.39 Å². The number of nitrogens with zero attached hydrogens (tertiary/aromatic N) is 4. The number of fused-ring (bicyclic) bond motifs is 3. The first-order chi connectivity index (χ1) is 14.0.